The van der Waals surface area contributed by atoms with Crippen LogP contribution in [0.1, 0.15) is 123 Å². The third-order valence-electron chi connectivity index (χ3n) is 4.59. The highest BCUT2D eigenvalue weighted by atomic mass is 31.1. The summed E-state index contributed by atoms with van der Waals surface area (Å²) in [5.41, 5.74) is 0. The lowest BCUT2D eigenvalue weighted by molar-refractivity contribution is 0.563. The Morgan fingerprint density at radius 3 is 0.955 bits per heavy atom. The molecule has 0 saturated carbocycles. The quantitative estimate of drug-likeness (QED) is 0.164. The van der Waals surface area contributed by atoms with Crippen LogP contribution in [0.5, 0.6) is 0 Å². The number of unbranched alkanes of at least 4 members (excludes halogenated alkanes) is 15. The maximum atomic E-state index is 2.30. The Bertz CT molecular complexity index is 159. The SMILES string of the molecule is CCCCCCCCCCCC[P]CCCCCCCCC. The highest BCUT2D eigenvalue weighted by molar-refractivity contribution is 7.37. The Labute approximate surface area is 144 Å². The van der Waals surface area contributed by atoms with Gasteiger partial charge in [-0.1, -0.05) is 119 Å². The molecule has 1 radical (unpaired) electrons. The fraction of sp³-hybridized carbons (Fsp3) is 1.00. The zero-order valence-corrected chi connectivity index (χ0v) is 16.8. The van der Waals surface area contributed by atoms with Crippen molar-refractivity contribution < 1.29 is 0 Å². The Balaban J connectivity index is 2.91. The van der Waals surface area contributed by atoms with E-state index >= 15 is 0 Å². The smallest absolute Gasteiger partial charge is 0.0287 e. The van der Waals surface area contributed by atoms with Crippen LogP contribution in [0.15, 0.2) is 0 Å². The van der Waals surface area contributed by atoms with Gasteiger partial charge in [0.15, 0.2) is 0 Å². The molecule has 1 heteroatoms. The molecule has 0 aliphatic rings. The van der Waals surface area contributed by atoms with Crippen molar-refractivity contribution in [2.24, 2.45) is 0 Å². The molecular weight excluding hydrogens is 283 g/mol. The summed E-state index contributed by atoms with van der Waals surface area (Å²) in [6.07, 6.45) is 27.8. The molecule has 0 unspecified atom stereocenters. The maximum Gasteiger partial charge on any atom is -0.0287 e. The standard InChI is InChI=1S/C21H44P/c1-3-5-7-9-11-12-13-15-17-19-21-22-20-18-16-14-10-8-6-4-2/h3-21H2,1-2H3. The summed E-state index contributed by atoms with van der Waals surface area (Å²) in [5, 5.41) is 0. The van der Waals surface area contributed by atoms with Crippen LogP contribution in [-0.4, -0.2) is 12.3 Å². The minimum Gasteiger partial charge on any atom is -0.0810 e. The van der Waals surface area contributed by atoms with E-state index in [9.17, 15) is 0 Å². The Morgan fingerprint density at radius 2 is 0.636 bits per heavy atom. The van der Waals surface area contributed by atoms with Crippen LogP contribution in [-0.2, 0) is 0 Å². The predicted molar refractivity (Wildman–Crippen MR) is 106 cm³/mol. The largest absolute Gasteiger partial charge is 0.0810 e. The van der Waals surface area contributed by atoms with Crippen molar-refractivity contribution in [3.8, 4) is 0 Å². The molecule has 0 aromatic rings. The van der Waals surface area contributed by atoms with Gasteiger partial charge in [0.05, 0.1) is 0 Å². The summed E-state index contributed by atoms with van der Waals surface area (Å²) in [7, 11) is 1.73. The van der Waals surface area contributed by atoms with Gasteiger partial charge in [0, 0.05) is 0 Å². The van der Waals surface area contributed by atoms with Gasteiger partial charge in [-0.3, -0.25) is 0 Å². The van der Waals surface area contributed by atoms with Crippen molar-refractivity contribution in [3.63, 3.8) is 0 Å². The summed E-state index contributed by atoms with van der Waals surface area (Å²) in [6, 6.07) is 0. The lowest BCUT2D eigenvalue weighted by Crippen LogP contribution is -1.85. The van der Waals surface area contributed by atoms with Crippen LogP contribution < -0.4 is 0 Å². The molecule has 0 N–H and O–H groups in total. The molecule has 22 heavy (non-hydrogen) atoms. The zero-order valence-electron chi connectivity index (χ0n) is 15.9. The van der Waals surface area contributed by atoms with Crippen LogP contribution in [0.2, 0.25) is 0 Å². The third-order valence-corrected chi connectivity index (χ3v) is 5.85. The first-order valence-electron chi connectivity index (χ1n) is 10.5. The lowest BCUT2D eigenvalue weighted by atomic mass is 10.1. The van der Waals surface area contributed by atoms with Crippen LogP contribution in [0.3, 0.4) is 0 Å². The molecule has 0 aliphatic carbocycles. The second kappa shape index (κ2) is 21.4. The third kappa shape index (κ3) is 20.4. The van der Waals surface area contributed by atoms with E-state index in [0.29, 0.717) is 0 Å². The molecule has 0 nitrogen and oxygen atoms in total. The molecular formula is C21H44P. The van der Waals surface area contributed by atoms with Crippen LogP contribution >= 0.6 is 8.58 Å². The molecule has 0 amide bonds. The van der Waals surface area contributed by atoms with Gasteiger partial charge in [-0.15, -0.1) is 0 Å². The fourth-order valence-electron chi connectivity index (χ4n) is 3.00. The Morgan fingerprint density at radius 1 is 0.364 bits per heavy atom. The number of rotatable bonds is 19. The highest BCUT2D eigenvalue weighted by Crippen LogP contribution is 2.18. The van der Waals surface area contributed by atoms with E-state index in [1.165, 1.54) is 121 Å². The number of hydrogen-bond acceptors (Lipinski definition) is 0. The molecule has 0 aromatic carbocycles. The lowest BCUT2D eigenvalue weighted by Gasteiger charge is -2.03. The van der Waals surface area contributed by atoms with Crippen molar-refractivity contribution in [2.75, 3.05) is 12.3 Å². The molecule has 0 aromatic heterocycles. The van der Waals surface area contributed by atoms with E-state index in [1.54, 1.807) is 8.58 Å². The van der Waals surface area contributed by atoms with E-state index in [0.717, 1.165) is 0 Å². The van der Waals surface area contributed by atoms with Crippen molar-refractivity contribution in [1.29, 1.82) is 0 Å². The topological polar surface area (TPSA) is 0 Å². The molecule has 0 rings (SSSR count). The first kappa shape index (κ1) is 22.4. The average molecular weight is 328 g/mol. The van der Waals surface area contributed by atoms with Gasteiger partial charge < -0.3 is 0 Å². The predicted octanol–water partition coefficient (Wildman–Crippen LogP) is 8.60. The van der Waals surface area contributed by atoms with Crippen molar-refractivity contribution in [3.05, 3.63) is 0 Å². The van der Waals surface area contributed by atoms with E-state index in [-0.39, 0.29) is 0 Å². The van der Waals surface area contributed by atoms with Gasteiger partial charge in [0.25, 0.3) is 0 Å². The van der Waals surface area contributed by atoms with Crippen molar-refractivity contribution >= 4 is 8.58 Å². The van der Waals surface area contributed by atoms with E-state index in [1.807, 2.05) is 0 Å². The van der Waals surface area contributed by atoms with Crippen molar-refractivity contribution in [1.82, 2.24) is 0 Å². The molecule has 0 saturated heterocycles. The molecule has 0 fully saturated rings. The molecule has 0 atom stereocenters. The molecule has 0 spiro atoms. The minimum absolute atomic E-state index is 1.37. The summed E-state index contributed by atoms with van der Waals surface area (Å²) in [6.45, 7) is 4.60. The molecule has 133 valence electrons. The average Bonchev–Trinajstić information content (AvgIpc) is 2.54. The highest BCUT2D eigenvalue weighted by Gasteiger charge is 1.95. The molecule has 0 aliphatic heterocycles. The van der Waals surface area contributed by atoms with Gasteiger partial charge in [-0.25, -0.2) is 0 Å². The zero-order chi connectivity index (χ0) is 16.1. The maximum absolute atomic E-state index is 2.30. The van der Waals surface area contributed by atoms with Crippen LogP contribution in [0.4, 0.5) is 0 Å². The minimum atomic E-state index is 1.37. The first-order valence-corrected chi connectivity index (χ1v) is 11.8. The summed E-state index contributed by atoms with van der Waals surface area (Å²) in [5.74, 6) is 0. The summed E-state index contributed by atoms with van der Waals surface area (Å²) in [4.78, 5) is 0. The molecule has 0 heterocycles. The second-order valence-electron chi connectivity index (χ2n) is 6.97. The fourth-order valence-corrected chi connectivity index (χ4v) is 4.12. The van der Waals surface area contributed by atoms with Gasteiger partial charge in [0.1, 0.15) is 0 Å². The van der Waals surface area contributed by atoms with Gasteiger partial charge in [-0.05, 0) is 25.2 Å². The number of hydrogen-bond donors (Lipinski definition) is 0. The normalized spacial score (nSPS) is 11.7. The van der Waals surface area contributed by atoms with Gasteiger partial charge >= 0.3 is 0 Å². The summed E-state index contributed by atoms with van der Waals surface area (Å²) >= 11 is 0. The Hall–Kier alpha value is 0.430. The van der Waals surface area contributed by atoms with E-state index in [2.05, 4.69) is 13.8 Å². The first-order chi connectivity index (χ1) is 10.9. The monoisotopic (exact) mass is 327 g/mol. The molecule has 0 bridgehead atoms. The van der Waals surface area contributed by atoms with E-state index < -0.39 is 0 Å². The van der Waals surface area contributed by atoms with E-state index in [4.69, 9.17) is 0 Å². The summed E-state index contributed by atoms with van der Waals surface area (Å²) < 4.78 is 0. The van der Waals surface area contributed by atoms with Gasteiger partial charge in [-0.2, -0.15) is 0 Å². The van der Waals surface area contributed by atoms with Gasteiger partial charge in [0.2, 0.25) is 0 Å². The van der Waals surface area contributed by atoms with Crippen LogP contribution in [0, 0.1) is 0 Å². The van der Waals surface area contributed by atoms with Crippen molar-refractivity contribution in [2.45, 2.75) is 123 Å². The Kier molecular flexibility index (Phi) is 21.8. The van der Waals surface area contributed by atoms with Crippen LogP contribution in [0.25, 0.3) is 0 Å². The second-order valence-corrected chi connectivity index (χ2v) is 8.32.